The molecule has 0 spiro atoms. The van der Waals surface area contributed by atoms with Gasteiger partial charge in [0, 0.05) is 31.0 Å². The Bertz CT molecular complexity index is 639. The summed E-state index contributed by atoms with van der Waals surface area (Å²) in [5, 5.41) is 3.31. The first-order chi connectivity index (χ1) is 12.5. The zero-order valence-electron chi connectivity index (χ0n) is 17.9. The van der Waals surface area contributed by atoms with Crippen LogP contribution in [-0.4, -0.2) is 34.8 Å². The Labute approximate surface area is 164 Å². The van der Waals surface area contributed by atoms with Crippen LogP contribution in [-0.2, 0) is 9.59 Å². The van der Waals surface area contributed by atoms with Gasteiger partial charge >= 0.3 is 0 Å². The lowest BCUT2D eigenvalue weighted by molar-refractivity contribution is -0.146. The van der Waals surface area contributed by atoms with Crippen LogP contribution < -0.4 is 5.32 Å². The zero-order valence-corrected chi connectivity index (χ0v) is 17.9. The summed E-state index contributed by atoms with van der Waals surface area (Å²) in [7, 11) is 0. The standard InChI is InChI=1S/C23H38N2O2/c1-21(2,3)14-20(27)25-13-10-17-15-6-7-18-22(4,11-9-19(26)24-18)16(15)8-12-23(17,25)5/h15-18H,6-14H2,1-5H3,(H,24,26)/t15-,16+,17+,18-,22-,23+/m1/s1. The van der Waals surface area contributed by atoms with Gasteiger partial charge in [0.2, 0.25) is 11.8 Å². The number of hydrogen-bond acceptors (Lipinski definition) is 2. The van der Waals surface area contributed by atoms with E-state index in [-0.39, 0.29) is 22.3 Å². The number of rotatable bonds is 1. The summed E-state index contributed by atoms with van der Waals surface area (Å²) in [5.74, 6) is 2.66. The maximum Gasteiger partial charge on any atom is 0.223 e. The molecule has 2 heterocycles. The molecule has 152 valence electrons. The highest BCUT2D eigenvalue weighted by Gasteiger charge is 2.60. The summed E-state index contributed by atoms with van der Waals surface area (Å²) in [5.41, 5.74) is 0.347. The van der Waals surface area contributed by atoms with E-state index in [1.165, 1.54) is 19.3 Å². The van der Waals surface area contributed by atoms with Crippen LogP contribution in [0.3, 0.4) is 0 Å². The number of likely N-dealkylation sites (tertiary alicyclic amines) is 1. The minimum absolute atomic E-state index is 0.0462. The van der Waals surface area contributed by atoms with Crippen molar-refractivity contribution in [3.05, 3.63) is 0 Å². The van der Waals surface area contributed by atoms with Gasteiger partial charge in [0.1, 0.15) is 0 Å². The van der Waals surface area contributed by atoms with Gasteiger partial charge < -0.3 is 10.2 Å². The number of piperidine rings is 1. The third kappa shape index (κ3) is 3.02. The molecule has 0 bridgehead atoms. The lowest BCUT2D eigenvalue weighted by Gasteiger charge is -2.60. The molecule has 2 saturated carbocycles. The Morgan fingerprint density at radius 3 is 2.56 bits per heavy atom. The van der Waals surface area contributed by atoms with Crippen molar-refractivity contribution in [2.24, 2.45) is 28.6 Å². The van der Waals surface area contributed by atoms with Crippen molar-refractivity contribution < 1.29 is 9.59 Å². The summed E-state index contributed by atoms with van der Waals surface area (Å²) in [6.07, 6.45) is 8.22. The van der Waals surface area contributed by atoms with Gasteiger partial charge in [-0.25, -0.2) is 0 Å². The normalized spacial score (nSPS) is 44.2. The number of nitrogens with one attached hydrogen (secondary N) is 1. The van der Waals surface area contributed by atoms with Crippen molar-refractivity contribution in [3.8, 4) is 0 Å². The molecule has 4 fully saturated rings. The molecule has 2 saturated heterocycles. The fraction of sp³-hybridized carbons (Fsp3) is 0.913. The van der Waals surface area contributed by atoms with Crippen molar-refractivity contribution in [2.75, 3.05) is 6.54 Å². The van der Waals surface area contributed by atoms with E-state index >= 15 is 0 Å². The second-order valence-corrected chi connectivity index (χ2v) is 11.5. The molecule has 2 aliphatic heterocycles. The Morgan fingerprint density at radius 1 is 1.11 bits per heavy atom. The number of carbonyl (C=O) groups is 2. The van der Waals surface area contributed by atoms with Gasteiger partial charge in [0.05, 0.1) is 0 Å². The molecular formula is C23H38N2O2. The fourth-order valence-corrected chi connectivity index (χ4v) is 7.35. The molecule has 0 aromatic rings. The van der Waals surface area contributed by atoms with E-state index in [1.54, 1.807) is 0 Å². The summed E-state index contributed by atoms with van der Waals surface area (Å²) >= 11 is 0. The zero-order chi connectivity index (χ0) is 19.6. The van der Waals surface area contributed by atoms with Crippen LogP contribution in [0.25, 0.3) is 0 Å². The van der Waals surface area contributed by atoms with E-state index in [9.17, 15) is 9.59 Å². The lowest BCUT2D eigenvalue weighted by Crippen LogP contribution is -2.63. The van der Waals surface area contributed by atoms with Gasteiger partial charge in [-0.2, -0.15) is 0 Å². The van der Waals surface area contributed by atoms with E-state index < -0.39 is 0 Å². The molecule has 2 amide bonds. The first-order valence-corrected chi connectivity index (χ1v) is 11.1. The van der Waals surface area contributed by atoms with Crippen LogP contribution in [0.1, 0.15) is 86.0 Å². The van der Waals surface area contributed by atoms with E-state index in [1.807, 2.05) is 0 Å². The van der Waals surface area contributed by atoms with Crippen molar-refractivity contribution >= 4 is 11.8 Å². The summed E-state index contributed by atoms with van der Waals surface area (Å²) in [6.45, 7) is 12.2. The van der Waals surface area contributed by atoms with Gasteiger partial charge in [-0.1, -0.05) is 27.7 Å². The molecule has 4 rings (SSSR count). The van der Waals surface area contributed by atoms with Gasteiger partial charge in [0.15, 0.2) is 0 Å². The number of carbonyl (C=O) groups excluding carboxylic acids is 2. The Morgan fingerprint density at radius 2 is 1.85 bits per heavy atom. The Balaban J connectivity index is 1.55. The average Bonchev–Trinajstić information content (AvgIpc) is 2.91. The first-order valence-electron chi connectivity index (χ1n) is 11.1. The number of nitrogens with zero attached hydrogens (tertiary/aromatic N) is 1. The van der Waals surface area contributed by atoms with Crippen LogP contribution in [0.15, 0.2) is 0 Å². The highest BCUT2D eigenvalue weighted by molar-refractivity contribution is 5.78. The van der Waals surface area contributed by atoms with Crippen LogP contribution in [0.2, 0.25) is 0 Å². The second kappa shape index (κ2) is 6.22. The number of hydrogen-bond donors (Lipinski definition) is 1. The third-order valence-electron chi connectivity index (χ3n) is 8.71. The van der Waals surface area contributed by atoms with E-state index in [2.05, 4.69) is 44.8 Å². The molecule has 6 atom stereocenters. The van der Waals surface area contributed by atoms with Gasteiger partial charge in [-0.05, 0) is 74.0 Å². The second-order valence-electron chi connectivity index (χ2n) is 11.5. The quantitative estimate of drug-likeness (QED) is 0.750. The molecule has 0 aromatic carbocycles. The molecular weight excluding hydrogens is 336 g/mol. The van der Waals surface area contributed by atoms with Crippen molar-refractivity contribution in [3.63, 3.8) is 0 Å². The topological polar surface area (TPSA) is 49.4 Å². The van der Waals surface area contributed by atoms with Gasteiger partial charge in [0.25, 0.3) is 0 Å². The number of amides is 2. The predicted molar refractivity (Wildman–Crippen MR) is 107 cm³/mol. The summed E-state index contributed by atoms with van der Waals surface area (Å²) in [4.78, 5) is 27.3. The third-order valence-corrected chi connectivity index (χ3v) is 8.71. The lowest BCUT2D eigenvalue weighted by atomic mass is 9.49. The maximum atomic E-state index is 13.1. The van der Waals surface area contributed by atoms with Crippen LogP contribution in [0.4, 0.5) is 0 Å². The molecule has 27 heavy (non-hydrogen) atoms. The summed E-state index contributed by atoms with van der Waals surface area (Å²) in [6, 6.07) is 0.365. The van der Waals surface area contributed by atoms with E-state index in [4.69, 9.17) is 0 Å². The molecule has 2 aliphatic carbocycles. The highest BCUT2D eigenvalue weighted by Crippen LogP contribution is 2.61. The molecule has 0 radical (unpaired) electrons. The van der Waals surface area contributed by atoms with Gasteiger partial charge in [-0.3, -0.25) is 9.59 Å². The Kier molecular flexibility index (Phi) is 4.44. The molecule has 0 unspecified atom stereocenters. The largest absolute Gasteiger partial charge is 0.353 e. The van der Waals surface area contributed by atoms with Crippen LogP contribution in [0, 0.1) is 28.6 Å². The van der Waals surface area contributed by atoms with Crippen LogP contribution in [0.5, 0.6) is 0 Å². The predicted octanol–water partition coefficient (Wildman–Crippen LogP) is 4.13. The fourth-order valence-electron chi connectivity index (χ4n) is 7.35. The molecule has 0 aromatic heterocycles. The van der Waals surface area contributed by atoms with Crippen molar-refractivity contribution in [2.45, 2.75) is 97.6 Å². The van der Waals surface area contributed by atoms with Crippen molar-refractivity contribution in [1.82, 2.24) is 10.2 Å². The van der Waals surface area contributed by atoms with E-state index in [0.717, 1.165) is 25.8 Å². The molecule has 4 aliphatic rings. The molecule has 1 N–H and O–H groups in total. The minimum Gasteiger partial charge on any atom is -0.353 e. The number of fused-ring (bicyclic) bond motifs is 5. The monoisotopic (exact) mass is 374 g/mol. The summed E-state index contributed by atoms with van der Waals surface area (Å²) < 4.78 is 0. The first kappa shape index (κ1) is 19.3. The SMILES string of the molecule is CC(C)(C)CC(=O)N1CC[C@H]2[C@@H]3CC[C@H]4NC(=O)CC[C@]4(C)[C@H]3CC[C@@]21C. The molecule has 4 heteroatoms. The van der Waals surface area contributed by atoms with Crippen LogP contribution >= 0.6 is 0 Å². The Hall–Kier alpha value is -1.06. The smallest absolute Gasteiger partial charge is 0.223 e. The minimum atomic E-state index is 0.0462. The highest BCUT2D eigenvalue weighted by atomic mass is 16.2. The van der Waals surface area contributed by atoms with Crippen molar-refractivity contribution in [1.29, 1.82) is 0 Å². The maximum absolute atomic E-state index is 13.1. The average molecular weight is 375 g/mol. The van der Waals surface area contributed by atoms with E-state index in [0.29, 0.717) is 42.5 Å². The van der Waals surface area contributed by atoms with Gasteiger partial charge in [-0.15, -0.1) is 0 Å². The molecule has 4 nitrogen and oxygen atoms in total.